The van der Waals surface area contributed by atoms with Crippen LogP contribution in [0.4, 0.5) is 0 Å². The summed E-state index contributed by atoms with van der Waals surface area (Å²) in [7, 11) is 3.53. The molecule has 0 radical (unpaired) electrons. The van der Waals surface area contributed by atoms with Gasteiger partial charge in [-0.2, -0.15) is 0 Å². The highest BCUT2D eigenvalue weighted by atomic mass is 79.9. The molecule has 8 heteroatoms. The van der Waals surface area contributed by atoms with Crippen LogP contribution in [0, 0.1) is 0 Å². The van der Waals surface area contributed by atoms with Gasteiger partial charge >= 0.3 is 0 Å². The summed E-state index contributed by atoms with van der Waals surface area (Å²) in [6.45, 7) is 2.30. The quantitative estimate of drug-likeness (QED) is 0.763. The number of halogens is 1. The Kier molecular flexibility index (Phi) is 5.96. The van der Waals surface area contributed by atoms with E-state index in [0.717, 1.165) is 27.6 Å². The van der Waals surface area contributed by atoms with E-state index in [1.807, 2.05) is 13.1 Å². The number of hydrogen-bond acceptors (Lipinski definition) is 6. The molecule has 108 valence electrons. The van der Waals surface area contributed by atoms with Crippen LogP contribution >= 0.6 is 27.7 Å². The van der Waals surface area contributed by atoms with Gasteiger partial charge in [0.1, 0.15) is 0 Å². The molecule has 20 heavy (non-hydrogen) atoms. The molecule has 1 aromatic carbocycles. The number of nitrogens with zero attached hydrogens (tertiary/aromatic N) is 4. The number of methoxy groups -OCH3 is 1. The third-order valence-corrected chi connectivity index (χ3v) is 4.23. The second-order valence-electron chi connectivity index (χ2n) is 4.11. The van der Waals surface area contributed by atoms with Crippen LogP contribution in [0.3, 0.4) is 0 Å². The molecule has 6 nitrogen and oxygen atoms in total. The van der Waals surface area contributed by atoms with Crippen LogP contribution in [-0.2, 0) is 18.3 Å². The Bertz CT molecular complexity index is 563. The van der Waals surface area contributed by atoms with Crippen LogP contribution in [0.25, 0.3) is 0 Å². The minimum atomic E-state index is 0.701. The van der Waals surface area contributed by atoms with E-state index in [2.05, 4.69) is 48.9 Å². The minimum Gasteiger partial charge on any atom is -0.383 e. The Balaban J connectivity index is 2.09. The molecule has 1 N–H and O–H groups in total. The number of benzene rings is 1. The summed E-state index contributed by atoms with van der Waals surface area (Å²) in [5.41, 5.74) is 1.21. The van der Waals surface area contributed by atoms with E-state index in [-0.39, 0.29) is 0 Å². The highest BCUT2D eigenvalue weighted by molar-refractivity contribution is 9.10. The van der Waals surface area contributed by atoms with Crippen molar-refractivity contribution < 1.29 is 4.74 Å². The van der Waals surface area contributed by atoms with Crippen LogP contribution in [0.5, 0.6) is 0 Å². The largest absolute Gasteiger partial charge is 0.383 e. The smallest absolute Gasteiger partial charge is 0.213 e. The van der Waals surface area contributed by atoms with Crippen molar-refractivity contribution in [2.75, 3.05) is 20.3 Å². The molecule has 0 unspecified atom stereocenters. The summed E-state index contributed by atoms with van der Waals surface area (Å²) >= 11 is 5.05. The minimum absolute atomic E-state index is 0.701. The number of aryl methyl sites for hydroxylation is 1. The Hall–Kier alpha value is -0.960. The molecule has 0 aliphatic carbocycles. The van der Waals surface area contributed by atoms with Gasteiger partial charge in [0.2, 0.25) is 5.16 Å². The first-order valence-corrected chi connectivity index (χ1v) is 7.70. The zero-order valence-corrected chi connectivity index (χ0v) is 13.7. The van der Waals surface area contributed by atoms with Crippen LogP contribution < -0.4 is 5.32 Å². The number of rotatable bonds is 7. The molecule has 2 rings (SSSR count). The Morgan fingerprint density at radius 3 is 3.00 bits per heavy atom. The molecule has 0 atom stereocenters. The maximum absolute atomic E-state index is 5.03. The van der Waals surface area contributed by atoms with Crippen LogP contribution in [-0.4, -0.2) is 40.5 Å². The van der Waals surface area contributed by atoms with Gasteiger partial charge < -0.3 is 10.1 Å². The van der Waals surface area contributed by atoms with E-state index in [4.69, 9.17) is 4.74 Å². The van der Waals surface area contributed by atoms with Gasteiger partial charge in [0.25, 0.3) is 0 Å². The zero-order valence-electron chi connectivity index (χ0n) is 11.3. The van der Waals surface area contributed by atoms with E-state index < -0.39 is 0 Å². The van der Waals surface area contributed by atoms with Crippen molar-refractivity contribution in [3.05, 3.63) is 28.2 Å². The summed E-state index contributed by atoms with van der Waals surface area (Å²) in [6, 6.07) is 6.20. The van der Waals surface area contributed by atoms with Crippen LogP contribution in [0.1, 0.15) is 5.56 Å². The summed E-state index contributed by atoms with van der Waals surface area (Å²) in [5.74, 6) is 0. The SMILES string of the molecule is COCCNCc1ccc(Br)cc1Sc1nnnn1C. The average Bonchev–Trinajstić information content (AvgIpc) is 2.82. The van der Waals surface area contributed by atoms with Crippen molar-refractivity contribution in [1.29, 1.82) is 0 Å². The number of nitrogens with one attached hydrogen (secondary N) is 1. The molecule has 0 fully saturated rings. The summed E-state index contributed by atoms with van der Waals surface area (Å²) in [6.07, 6.45) is 0. The summed E-state index contributed by atoms with van der Waals surface area (Å²) < 4.78 is 7.72. The summed E-state index contributed by atoms with van der Waals surface area (Å²) in [5, 5.41) is 15.6. The van der Waals surface area contributed by atoms with Crippen molar-refractivity contribution in [3.8, 4) is 0 Å². The molecule has 2 aromatic rings. The molecule has 0 bridgehead atoms. The van der Waals surface area contributed by atoms with E-state index in [0.29, 0.717) is 6.61 Å². The lowest BCUT2D eigenvalue weighted by molar-refractivity contribution is 0.199. The molecule has 0 aliphatic rings. The Morgan fingerprint density at radius 1 is 1.45 bits per heavy atom. The maximum Gasteiger partial charge on any atom is 0.213 e. The molecule has 1 heterocycles. The molecule has 0 amide bonds. The number of aromatic nitrogens is 4. The van der Waals surface area contributed by atoms with Gasteiger partial charge in [-0.25, -0.2) is 4.68 Å². The standard InChI is InChI=1S/C12H16BrN5OS/c1-18-12(15-16-17-18)20-11-7-10(13)4-3-9(11)8-14-5-6-19-2/h3-4,7,14H,5-6,8H2,1-2H3. The van der Waals surface area contributed by atoms with Crippen molar-refractivity contribution in [1.82, 2.24) is 25.5 Å². The lowest BCUT2D eigenvalue weighted by Gasteiger charge is -2.10. The van der Waals surface area contributed by atoms with Gasteiger partial charge in [-0.3, -0.25) is 0 Å². The monoisotopic (exact) mass is 357 g/mol. The number of ether oxygens (including phenoxy) is 1. The maximum atomic E-state index is 5.03. The highest BCUT2D eigenvalue weighted by Crippen LogP contribution is 2.30. The Morgan fingerprint density at radius 2 is 2.30 bits per heavy atom. The predicted molar refractivity (Wildman–Crippen MR) is 80.6 cm³/mol. The number of tetrazole rings is 1. The highest BCUT2D eigenvalue weighted by Gasteiger charge is 2.09. The topological polar surface area (TPSA) is 64.9 Å². The third kappa shape index (κ3) is 4.27. The fourth-order valence-corrected chi connectivity index (χ4v) is 2.99. The Labute approximate surface area is 130 Å². The number of hydrogen-bond donors (Lipinski definition) is 1. The molecule has 0 saturated heterocycles. The van der Waals surface area contributed by atoms with Crippen LogP contribution in [0.15, 0.2) is 32.7 Å². The molecular weight excluding hydrogens is 342 g/mol. The molecule has 0 aliphatic heterocycles. The van der Waals surface area contributed by atoms with Gasteiger partial charge in [0.15, 0.2) is 0 Å². The molecule has 0 spiro atoms. The average molecular weight is 358 g/mol. The van der Waals surface area contributed by atoms with Crippen molar-refractivity contribution in [2.45, 2.75) is 16.6 Å². The van der Waals surface area contributed by atoms with E-state index in [1.54, 1.807) is 23.6 Å². The first kappa shape index (κ1) is 15.4. The third-order valence-electron chi connectivity index (χ3n) is 2.61. The molecule has 0 saturated carbocycles. The van der Waals surface area contributed by atoms with Gasteiger partial charge in [-0.1, -0.05) is 22.0 Å². The normalized spacial score (nSPS) is 10.9. The van der Waals surface area contributed by atoms with E-state index in [9.17, 15) is 0 Å². The molecular formula is C12H16BrN5OS. The second-order valence-corrected chi connectivity index (χ2v) is 6.03. The van der Waals surface area contributed by atoms with Gasteiger partial charge in [0.05, 0.1) is 6.61 Å². The lowest BCUT2D eigenvalue weighted by atomic mass is 10.2. The van der Waals surface area contributed by atoms with E-state index in [1.165, 1.54) is 5.56 Å². The molecule has 1 aromatic heterocycles. The van der Waals surface area contributed by atoms with Gasteiger partial charge in [-0.05, 0) is 39.9 Å². The first-order chi connectivity index (χ1) is 9.70. The van der Waals surface area contributed by atoms with E-state index >= 15 is 0 Å². The zero-order chi connectivity index (χ0) is 14.4. The van der Waals surface area contributed by atoms with Crippen molar-refractivity contribution in [2.24, 2.45) is 7.05 Å². The summed E-state index contributed by atoms with van der Waals surface area (Å²) in [4.78, 5) is 1.13. The van der Waals surface area contributed by atoms with Crippen molar-refractivity contribution in [3.63, 3.8) is 0 Å². The van der Waals surface area contributed by atoms with Gasteiger partial charge in [0, 0.05) is 36.6 Å². The first-order valence-electron chi connectivity index (χ1n) is 6.09. The van der Waals surface area contributed by atoms with Crippen LogP contribution in [0.2, 0.25) is 0 Å². The second kappa shape index (κ2) is 7.72. The fourth-order valence-electron chi connectivity index (χ4n) is 1.57. The lowest BCUT2D eigenvalue weighted by Crippen LogP contribution is -2.18. The van der Waals surface area contributed by atoms with Crippen molar-refractivity contribution >= 4 is 27.7 Å². The predicted octanol–water partition coefficient (Wildman–Crippen LogP) is 1.86. The van der Waals surface area contributed by atoms with Gasteiger partial charge in [-0.15, -0.1) is 5.10 Å². The fraction of sp³-hybridized carbons (Fsp3) is 0.417.